The standard InChI is InChI=1S/C12H15BN2O3/c1-9-6-14-15(7-9)8-10-5-11(18-2)3-4-12(10)13(16)17/h3-7,16-17H,8H2,1-2H3. The molecule has 0 atom stereocenters. The fourth-order valence-corrected chi connectivity index (χ4v) is 1.83. The molecule has 5 nitrogen and oxygen atoms in total. The second-order valence-electron chi connectivity index (χ2n) is 4.15. The Morgan fingerprint density at radius 2 is 2.17 bits per heavy atom. The predicted molar refractivity (Wildman–Crippen MR) is 68.9 cm³/mol. The molecule has 2 rings (SSSR count). The van der Waals surface area contributed by atoms with Gasteiger partial charge in [0.15, 0.2) is 0 Å². The van der Waals surface area contributed by atoms with Crippen molar-refractivity contribution in [2.75, 3.05) is 7.11 Å². The summed E-state index contributed by atoms with van der Waals surface area (Å²) in [5, 5.41) is 22.9. The van der Waals surface area contributed by atoms with Crippen molar-refractivity contribution in [3.63, 3.8) is 0 Å². The molecule has 1 aromatic heterocycles. The Balaban J connectivity index is 2.34. The maximum absolute atomic E-state index is 9.34. The average molecular weight is 246 g/mol. The van der Waals surface area contributed by atoms with Gasteiger partial charge in [-0.1, -0.05) is 6.07 Å². The molecular formula is C12H15BN2O3. The van der Waals surface area contributed by atoms with E-state index < -0.39 is 7.12 Å². The van der Waals surface area contributed by atoms with E-state index in [1.807, 2.05) is 13.1 Å². The summed E-state index contributed by atoms with van der Waals surface area (Å²) in [6.45, 7) is 2.43. The van der Waals surface area contributed by atoms with E-state index in [-0.39, 0.29) is 0 Å². The Morgan fingerprint density at radius 3 is 2.72 bits per heavy atom. The molecule has 0 amide bonds. The van der Waals surface area contributed by atoms with Gasteiger partial charge in [0, 0.05) is 6.20 Å². The molecule has 6 heteroatoms. The minimum absolute atomic E-state index is 0.462. The molecule has 0 bridgehead atoms. The Kier molecular flexibility index (Phi) is 3.69. The molecule has 0 radical (unpaired) electrons. The first-order chi connectivity index (χ1) is 8.60. The molecule has 2 aromatic rings. The number of rotatable bonds is 4. The van der Waals surface area contributed by atoms with Crippen molar-refractivity contribution in [1.29, 1.82) is 0 Å². The zero-order chi connectivity index (χ0) is 13.1. The molecule has 1 heterocycles. The zero-order valence-electron chi connectivity index (χ0n) is 10.4. The van der Waals surface area contributed by atoms with E-state index in [0.717, 1.165) is 11.1 Å². The topological polar surface area (TPSA) is 67.5 Å². The number of methoxy groups -OCH3 is 1. The lowest BCUT2D eigenvalue weighted by atomic mass is 9.77. The highest BCUT2D eigenvalue weighted by Crippen LogP contribution is 2.12. The molecule has 0 fully saturated rings. The monoisotopic (exact) mass is 246 g/mol. The van der Waals surface area contributed by atoms with Crippen molar-refractivity contribution >= 4 is 12.6 Å². The SMILES string of the molecule is COc1ccc(B(O)O)c(Cn2cc(C)cn2)c1. The highest BCUT2D eigenvalue weighted by molar-refractivity contribution is 6.59. The van der Waals surface area contributed by atoms with Crippen molar-refractivity contribution in [2.24, 2.45) is 0 Å². The smallest absolute Gasteiger partial charge is 0.488 e. The van der Waals surface area contributed by atoms with Crippen LogP contribution in [0.2, 0.25) is 0 Å². The highest BCUT2D eigenvalue weighted by Gasteiger charge is 2.17. The van der Waals surface area contributed by atoms with Crippen LogP contribution in [0.4, 0.5) is 0 Å². The maximum atomic E-state index is 9.34. The summed E-state index contributed by atoms with van der Waals surface area (Å²) in [6, 6.07) is 5.13. The fraction of sp³-hybridized carbons (Fsp3) is 0.250. The number of hydrogen-bond acceptors (Lipinski definition) is 4. The van der Waals surface area contributed by atoms with Crippen molar-refractivity contribution in [1.82, 2.24) is 9.78 Å². The van der Waals surface area contributed by atoms with Crippen LogP contribution in [-0.2, 0) is 6.54 Å². The quantitative estimate of drug-likeness (QED) is 0.741. The van der Waals surface area contributed by atoms with E-state index in [1.54, 1.807) is 36.2 Å². The summed E-state index contributed by atoms with van der Waals surface area (Å²) in [4.78, 5) is 0. The van der Waals surface area contributed by atoms with Crippen LogP contribution in [0.1, 0.15) is 11.1 Å². The van der Waals surface area contributed by atoms with Gasteiger partial charge in [0.1, 0.15) is 5.75 Å². The average Bonchev–Trinajstić information content (AvgIpc) is 2.74. The molecule has 1 aromatic carbocycles. The number of nitrogens with zero attached hydrogens (tertiary/aromatic N) is 2. The molecule has 0 saturated heterocycles. The van der Waals surface area contributed by atoms with E-state index >= 15 is 0 Å². The van der Waals surface area contributed by atoms with Gasteiger partial charge < -0.3 is 14.8 Å². The third-order valence-corrected chi connectivity index (χ3v) is 2.72. The molecule has 18 heavy (non-hydrogen) atoms. The van der Waals surface area contributed by atoms with Gasteiger partial charge in [0.25, 0.3) is 0 Å². The minimum Gasteiger partial charge on any atom is -0.497 e. The molecule has 2 N–H and O–H groups in total. The lowest BCUT2D eigenvalue weighted by molar-refractivity contribution is 0.413. The summed E-state index contributed by atoms with van der Waals surface area (Å²) in [6.07, 6.45) is 3.65. The molecule has 0 aliphatic heterocycles. The lowest BCUT2D eigenvalue weighted by Crippen LogP contribution is -2.33. The number of hydrogen-bond donors (Lipinski definition) is 2. The fourth-order valence-electron chi connectivity index (χ4n) is 1.83. The minimum atomic E-state index is -1.50. The van der Waals surface area contributed by atoms with Gasteiger partial charge in [-0.2, -0.15) is 5.10 Å². The number of aromatic nitrogens is 2. The molecule has 0 saturated carbocycles. The van der Waals surface area contributed by atoms with Crippen LogP contribution < -0.4 is 10.2 Å². The molecular weight excluding hydrogens is 231 g/mol. The molecule has 0 aliphatic carbocycles. The van der Waals surface area contributed by atoms with Crippen LogP contribution in [0.25, 0.3) is 0 Å². The van der Waals surface area contributed by atoms with Crippen LogP contribution in [0.15, 0.2) is 30.6 Å². The summed E-state index contributed by atoms with van der Waals surface area (Å²) < 4.78 is 6.89. The van der Waals surface area contributed by atoms with Crippen LogP contribution in [0.5, 0.6) is 5.75 Å². The largest absolute Gasteiger partial charge is 0.497 e. The second-order valence-corrected chi connectivity index (χ2v) is 4.15. The predicted octanol–water partition coefficient (Wildman–Crippen LogP) is -0.0718. The van der Waals surface area contributed by atoms with Gasteiger partial charge in [-0.05, 0) is 35.6 Å². The third-order valence-electron chi connectivity index (χ3n) is 2.72. The summed E-state index contributed by atoms with van der Waals surface area (Å²) in [5.41, 5.74) is 2.29. The molecule has 0 spiro atoms. The third kappa shape index (κ3) is 2.72. The first-order valence-electron chi connectivity index (χ1n) is 5.62. The number of benzene rings is 1. The molecule has 94 valence electrons. The van der Waals surface area contributed by atoms with Gasteiger partial charge in [-0.25, -0.2) is 0 Å². The van der Waals surface area contributed by atoms with Crippen LogP contribution in [0.3, 0.4) is 0 Å². The van der Waals surface area contributed by atoms with E-state index in [1.165, 1.54) is 0 Å². The first kappa shape index (κ1) is 12.7. The Morgan fingerprint density at radius 1 is 1.39 bits per heavy atom. The van der Waals surface area contributed by atoms with Gasteiger partial charge in [0.05, 0.1) is 19.9 Å². The summed E-state index contributed by atoms with van der Waals surface area (Å²) >= 11 is 0. The van der Waals surface area contributed by atoms with E-state index in [4.69, 9.17) is 4.74 Å². The number of ether oxygens (including phenoxy) is 1. The van der Waals surface area contributed by atoms with Gasteiger partial charge >= 0.3 is 7.12 Å². The van der Waals surface area contributed by atoms with E-state index in [2.05, 4.69) is 5.10 Å². The van der Waals surface area contributed by atoms with Crippen LogP contribution in [-0.4, -0.2) is 34.1 Å². The van der Waals surface area contributed by atoms with Crippen LogP contribution >= 0.6 is 0 Å². The normalized spacial score (nSPS) is 10.4. The summed E-state index contributed by atoms with van der Waals surface area (Å²) in [5.74, 6) is 0.679. The Bertz CT molecular complexity index is 540. The van der Waals surface area contributed by atoms with Crippen molar-refractivity contribution in [2.45, 2.75) is 13.5 Å². The first-order valence-corrected chi connectivity index (χ1v) is 5.62. The van der Waals surface area contributed by atoms with Crippen molar-refractivity contribution in [3.05, 3.63) is 41.7 Å². The highest BCUT2D eigenvalue weighted by atomic mass is 16.5. The molecule has 0 unspecified atom stereocenters. The zero-order valence-corrected chi connectivity index (χ0v) is 10.4. The lowest BCUT2D eigenvalue weighted by Gasteiger charge is -2.11. The Hall–Kier alpha value is -1.79. The van der Waals surface area contributed by atoms with Gasteiger partial charge in [-0.3, -0.25) is 4.68 Å². The van der Waals surface area contributed by atoms with Gasteiger partial charge in [0.2, 0.25) is 0 Å². The molecule has 0 aliphatic rings. The van der Waals surface area contributed by atoms with Crippen molar-refractivity contribution < 1.29 is 14.8 Å². The Labute approximate surface area is 106 Å². The van der Waals surface area contributed by atoms with Gasteiger partial charge in [-0.15, -0.1) is 0 Å². The van der Waals surface area contributed by atoms with Crippen LogP contribution in [0, 0.1) is 6.92 Å². The second kappa shape index (κ2) is 5.24. The van der Waals surface area contributed by atoms with E-state index in [0.29, 0.717) is 17.8 Å². The number of aryl methyl sites for hydroxylation is 1. The van der Waals surface area contributed by atoms with Crippen molar-refractivity contribution in [3.8, 4) is 5.75 Å². The van der Waals surface area contributed by atoms with E-state index in [9.17, 15) is 10.0 Å². The summed E-state index contributed by atoms with van der Waals surface area (Å²) in [7, 11) is 0.0780. The maximum Gasteiger partial charge on any atom is 0.488 e.